The summed E-state index contributed by atoms with van der Waals surface area (Å²) >= 11 is 0. The lowest BCUT2D eigenvalue weighted by atomic mass is 10.3. The summed E-state index contributed by atoms with van der Waals surface area (Å²) in [6.07, 6.45) is 2.64. The highest BCUT2D eigenvalue weighted by Gasteiger charge is 2.36. The van der Waals surface area contributed by atoms with Crippen molar-refractivity contribution in [1.82, 2.24) is 4.72 Å². The number of benzene rings is 1. The maximum Gasteiger partial charge on any atom is 0.242 e. The quantitative estimate of drug-likeness (QED) is 0.737. The molecule has 1 aromatic rings. The van der Waals surface area contributed by atoms with Gasteiger partial charge in [-0.2, -0.15) is 0 Å². The lowest BCUT2D eigenvalue weighted by Crippen LogP contribution is -2.29. The number of hydrogen-bond acceptors (Lipinski definition) is 5. The van der Waals surface area contributed by atoms with Crippen LogP contribution in [-0.2, 0) is 24.8 Å². The molecule has 0 spiro atoms. The predicted octanol–water partition coefficient (Wildman–Crippen LogP) is 1.22. The molecule has 9 heteroatoms. The van der Waals surface area contributed by atoms with Crippen LogP contribution in [0.3, 0.4) is 0 Å². The second-order valence-corrected chi connectivity index (χ2v) is 9.03. The van der Waals surface area contributed by atoms with Gasteiger partial charge in [0.25, 0.3) is 0 Å². The van der Waals surface area contributed by atoms with E-state index in [1.165, 1.54) is 24.3 Å². The lowest BCUT2D eigenvalue weighted by Gasteiger charge is -2.15. The van der Waals surface area contributed by atoms with Crippen molar-refractivity contribution in [3.05, 3.63) is 24.3 Å². The van der Waals surface area contributed by atoms with Crippen LogP contribution >= 0.6 is 0 Å². The van der Waals surface area contributed by atoms with Crippen LogP contribution in [0.5, 0.6) is 0 Å². The van der Waals surface area contributed by atoms with Gasteiger partial charge in [0.15, 0.2) is 0 Å². The summed E-state index contributed by atoms with van der Waals surface area (Å²) in [5, 5.41) is 0. The highest BCUT2D eigenvalue weighted by molar-refractivity contribution is 7.94. The molecule has 23 heavy (non-hydrogen) atoms. The average molecular weight is 360 g/mol. The molecule has 1 aliphatic heterocycles. The third-order valence-corrected chi connectivity index (χ3v) is 6.70. The Labute approximate surface area is 136 Å². The van der Waals surface area contributed by atoms with E-state index in [4.69, 9.17) is 0 Å². The summed E-state index contributed by atoms with van der Waals surface area (Å²) in [4.78, 5) is 11.7. The highest BCUT2D eigenvalue weighted by atomic mass is 32.2. The number of nitrogens with zero attached hydrogens (tertiary/aromatic N) is 1. The maximum atomic E-state index is 12.1. The van der Waals surface area contributed by atoms with Gasteiger partial charge >= 0.3 is 0 Å². The van der Waals surface area contributed by atoms with Gasteiger partial charge in [-0.25, -0.2) is 25.9 Å². The Balaban J connectivity index is 2.15. The van der Waals surface area contributed by atoms with Crippen LogP contribution in [0.1, 0.15) is 32.6 Å². The third kappa shape index (κ3) is 4.10. The number of carbonyl (C=O) groups excluding carboxylic acids is 1. The molecule has 0 saturated carbocycles. The molecule has 0 unspecified atom stereocenters. The van der Waals surface area contributed by atoms with E-state index in [0.29, 0.717) is 6.54 Å². The number of carbonyl (C=O) groups is 1. The number of rotatable bonds is 7. The van der Waals surface area contributed by atoms with Crippen molar-refractivity contribution in [2.75, 3.05) is 16.6 Å². The van der Waals surface area contributed by atoms with Crippen LogP contribution in [0, 0.1) is 0 Å². The fraction of sp³-hybridized carbons (Fsp3) is 0.500. The number of hydrogen-bond donors (Lipinski definition) is 1. The number of sulfonamides is 2. The second-order valence-electron chi connectivity index (χ2n) is 5.32. The molecule has 1 saturated heterocycles. The summed E-state index contributed by atoms with van der Waals surface area (Å²) in [5.74, 6) is -0.719. The molecule has 0 aromatic heterocycles. The highest BCUT2D eigenvalue weighted by Crippen LogP contribution is 2.26. The van der Waals surface area contributed by atoms with E-state index in [1.54, 1.807) is 0 Å². The first-order valence-corrected chi connectivity index (χ1v) is 10.5. The first kappa shape index (κ1) is 17.9. The summed E-state index contributed by atoms with van der Waals surface area (Å²) in [5.41, 5.74) is 0.164. The van der Waals surface area contributed by atoms with Crippen molar-refractivity contribution in [1.29, 1.82) is 0 Å². The van der Waals surface area contributed by atoms with Crippen LogP contribution in [0.15, 0.2) is 29.2 Å². The Kier molecular flexibility index (Phi) is 5.43. The van der Waals surface area contributed by atoms with Crippen LogP contribution in [0.4, 0.5) is 5.69 Å². The molecule has 1 fully saturated rings. The topological polar surface area (TPSA) is 101 Å². The van der Waals surface area contributed by atoms with Gasteiger partial charge in [-0.3, -0.25) is 4.79 Å². The smallest absolute Gasteiger partial charge is 0.242 e. The van der Waals surface area contributed by atoms with Gasteiger partial charge in [0.2, 0.25) is 26.0 Å². The molecular formula is C14H20N2O5S2. The maximum absolute atomic E-state index is 12.1. The SMILES string of the molecule is CCCCCNS(=O)(=O)c1ccc(N2C(=O)CCS2(=O)=O)cc1. The Morgan fingerprint density at radius 3 is 2.35 bits per heavy atom. The molecule has 7 nitrogen and oxygen atoms in total. The molecule has 1 N–H and O–H groups in total. The Hall–Kier alpha value is -1.45. The number of anilines is 1. The van der Waals surface area contributed by atoms with E-state index in [9.17, 15) is 21.6 Å². The van der Waals surface area contributed by atoms with Crippen molar-refractivity contribution in [2.24, 2.45) is 0 Å². The van der Waals surface area contributed by atoms with E-state index in [0.717, 1.165) is 23.6 Å². The third-order valence-electron chi connectivity index (χ3n) is 3.53. The van der Waals surface area contributed by atoms with Crippen LogP contribution < -0.4 is 9.03 Å². The zero-order valence-corrected chi connectivity index (χ0v) is 14.5. The Morgan fingerprint density at radius 2 is 1.83 bits per heavy atom. The van der Waals surface area contributed by atoms with Gasteiger partial charge in [-0.1, -0.05) is 19.8 Å². The molecular weight excluding hydrogens is 340 g/mol. The Bertz CT molecular complexity index is 770. The number of unbranched alkanes of at least 4 members (excludes halogenated alkanes) is 2. The van der Waals surface area contributed by atoms with Gasteiger partial charge in [0, 0.05) is 13.0 Å². The van der Waals surface area contributed by atoms with Crippen molar-refractivity contribution < 1.29 is 21.6 Å². The molecule has 1 aromatic carbocycles. The molecule has 0 radical (unpaired) electrons. The van der Waals surface area contributed by atoms with Gasteiger partial charge in [0.05, 0.1) is 16.3 Å². The first-order chi connectivity index (χ1) is 10.8. The van der Waals surface area contributed by atoms with Gasteiger partial charge in [-0.15, -0.1) is 0 Å². The Morgan fingerprint density at radius 1 is 1.17 bits per heavy atom. The van der Waals surface area contributed by atoms with Crippen molar-refractivity contribution in [2.45, 2.75) is 37.5 Å². The molecule has 128 valence electrons. The molecule has 0 atom stereocenters. The fourth-order valence-corrected chi connectivity index (χ4v) is 4.83. The lowest BCUT2D eigenvalue weighted by molar-refractivity contribution is -0.116. The number of amides is 1. The van der Waals surface area contributed by atoms with Gasteiger partial charge in [-0.05, 0) is 30.7 Å². The summed E-state index contributed by atoms with van der Waals surface area (Å²) < 4.78 is 51.1. The second kappa shape index (κ2) is 6.98. The van der Waals surface area contributed by atoms with Crippen molar-refractivity contribution in [3.63, 3.8) is 0 Å². The van der Waals surface area contributed by atoms with Gasteiger partial charge in [0.1, 0.15) is 0 Å². The molecule has 2 rings (SSSR count). The first-order valence-electron chi connectivity index (χ1n) is 7.43. The molecule has 1 aliphatic rings. The van der Waals surface area contributed by atoms with E-state index in [-0.39, 0.29) is 22.8 Å². The standard InChI is InChI=1S/C14H20N2O5S2/c1-2-3-4-10-15-23(20,21)13-7-5-12(6-8-13)16-14(17)9-11-22(16,18)19/h5-8,15H,2-4,9-11H2,1H3. The van der Waals surface area contributed by atoms with E-state index < -0.39 is 26.0 Å². The van der Waals surface area contributed by atoms with E-state index in [2.05, 4.69) is 4.72 Å². The van der Waals surface area contributed by atoms with Crippen LogP contribution in [-0.4, -0.2) is 35.0 Å². The molecule has 0 bridgehead atoms. The largest absolute Gasteiger partial charge is 0.273 e. The molecule has 1 heterocycles. The minimum absolute atomic E-state index is 0.0433. The summed E-state index contributed by atoms with van der Waals surface area (Å²) in [6, 6.07) is 5.28. The zero-order chi connectivity index (χ0) is 17.1. The minimum atomic E-state index is -3.64. The zero-order valence-electron chi connectivity index (χ0n) is 12.9. The summed E-state index contributed by atoms with van der Waals surface area (Å²) in [7, 11) is -7.27. The molecule has 1 amide bonds. The minimum Gasteiger partial charge on any atom is -0.273 e. The summed E-state index contributed by atoms with van der Waals surface area (Å²) in [6.45, 7) is 2.39. The monoisotopic (exact) mass is 360 g/mol. The van der Waals surface area contributed by atoms with Crippen LogP contribution in [0.2, 0.25) is 0 Å². The van der Waals surface area contributed by atoms with Crippen LogP contribution in [0.25, 0.3) is 0 Å². The van der Waals surface area contributed by atoms with Gasteiger partial charge < -0.3 is 0 Å². The van der Waals surface area contributed by atoms with E-state index in [1.807, 2.05) is 6.92 Å². The average Bonchev–Trinajstić information content (AvgIpc) is 2.77. The normalized spacial score (nSPS) is 17.6. The van der Waals surface area contributed by atoms with Crippen molar-refractivity contribution in [3.8, 4) is 0 Å². The predicted molar refractivity (Wildman–Crippen MR) is 87.0 cm³/mol. The fourth-order valence-electron chi connectivity index (χ4n) is 2.29. The van der Waals surface area contributed by atoms with Crippen molar-refractivity contribution >= 4 is 31.6 Å². The van der Waals surface area contributed by atoms with E-state index >= 15 is 0 Å². The number of nitrogens with one attached hydrogen (secondary N) is 1. The molecule has 0 aliphatic carbocycles.